The van der Waals surface area contributed by atoms with Crippen molar-refractivity contribution in [1.29, 1.82) is 0 Å². The first-order valence-electron chi connectivity index (χ1n) is 4.31. The molecule has 0 fully saturated rings. The molecule has 0 spiro atoms. The predicted octanol–water partition coefficient (Wildman–Crippen LogP) is 4.16. The lowest BCUT2D eigenvalue weighted by Gasteiger charge is -2.07. The molecule has 0 saturated carbocycles. The maximum Gasteiger partial charge on any atom is 0.0905 e. The van der Waals surface area contributed by atoms with E-state index in [2.05, 4.69) is 4.98 Å². The second-order valence-electron chi connectivity index (χ2n) is 3.34. The molecule has 1 aromatic heterocycles. The van der Waals surface area contributed by atoms with E-state index >= 15 is 0 Å². The van der Waals surface area contributed by atoms with Crippen molar-refractivity contribution >= 4 is 34.1 Å². The highest BCUT2D eigenvalue weighted by Gasteiger charge is 2.08. The third kappa shape index (κ3) is 1.37. The maximum atomic E-state index is 6.20. The summed E-state index contributed by atoms with van der Waals surface area (Å²) in [5.74, 6) is 0. The first-order chi connectivity index (χ1) is 6.61. The molecular weight excluding hydrogens is 217 g/mol. The van der Waals surface area contributed by atoms with Crippen molar-refractivity contribution in [3.63, 3.8) is 0 Å². The van der Waals surface area contributed by atoms with Crippen molar-refractivity contribution in [2.75, 3.05) is 0 Å². The molecule has 1 nitrogen and oxygen atoms in total. The van der Waals surface area contributed by atoms with Crippen LogP contribution in [0.5, 0.6) is 0 Å². The summed E-state index contributed by atoms with van der Waals surface area (Å²) in [5, 5.41) is 2.35. The van der Waals surface area contributed by atoms with Gasteiger partial charge in [0.25, 0.3) is 0 Å². The van der Waals surface area contributed by atoms with Crippen LogP contribution in [0.25, 0.3) is 10.9 Å². The lowest BCUT2D eigenvalue weighted by Crippen LogP contribution is -1.87. The number of benzene rings is 1. The van der Waals surface area contributed by atoms with Crippen LogP contribution in [0.4, 0.5) is 0 Å². The van der Waals surface area contributed by atoms with Crippen LogP contribution < -0.4 is 0 Å². The summed E-state index contributed by atoms with van der Waals surface area (Å²) >= 11 is 12.2. The van der Waals surface area contributed by atoms with E-state index in [1.165, 1.54) is 0 Å². The second-order valence-corrected chi connectivity index (χ2v) is 4.13. The molecule has 0 saturated heterocycles. The van der Waals surface area contributed by atoms with Gasteiger partial charge in [-0.1, -0.05) is 29.3 Å². The number of rotatable bonds is 0. The van der Waals surface area contributed by atoms with E-state index < -0.39 is 0 Å². The minimum atomic E-state index is 0.646. The zero-order valence-electron chi connectivity index (χ0n) is 7.94. The molecule has 0 N–H and O–H groups in total. The van der Waals surface area contributed by atoms with Crippen LogP contribution >= 0.6 is 23.2 Å². The summed E-state index contributed by atoms with van der Waals surface area (Å²) in [5.41, 5.74) is 2.86. The van der Waals surface area contributed by atoms with Gasteiger partial charge < -0.3 is 0 Å². The number of hydrogen-bond donors (Lipinski definition) is 0. The fraction of sp³-hybridized carbons (Fsp3) is 0.182. The first-order valence-corrected chi connectivity index (χ1v) is 5.07. The Labute approximate surface area is 92.7 Å². The van der Waals surface area contributed by atoms with Crippen molar-refractivity contribution in [3.05, 3.63) is 39.5 Å². The molecule has 14 heavy (non-hydrogen) atoms. The molecule has 1 heterocycles. The van der Waals surface area contributed by atoms with E-state index in [1.807, 2.05) is 26.0 Å². The molecule has 0 aliphatic carbocycles. The van der Waals surface area contributed by atoms with E-state index in [1.54, 1.807) is 6.20 Å². The van der Waals surface area contributed by atoms with Gasteiger partial charge >= 0.3 is 0 Å². The fourth-order valence-corrected chi connectivity index (χ4v) is 1.98. The monoisotopic (exact) mass is 225 g/mol. The van der Waals surface area contributed by atoms with Crippen molar-refractivity contribution in [3.8, 4) is 0 Å². The second kappa shape index (κ2) is 3.41. The Morgan fingerprint density at radius 2 is 1.79 bits per heavy atom. The minimum absolute atomic E-state index is 0.646. The summed E-state index contributed by atoms with van der Waals surface area (Å²) in [6.07, 6.45) is 1.75. The van der Waals surface area contributed by atoms with Gasteiger partial charge in [0.05, 0.1) is 15.6 Å². The Morgan fingerprint density at radius 1 is 1.07 bits per heavy atom. The maximum absolute atomic E-state index is 6.20. The van der Waals surface area contributed by atoms with Gasteiger partial charge in [-0.15, -0.1) is 0 Å². The van der Waals surface area contributed by atoms with Crippen LogP contribution in [-0.4, -0.2) is 4.98 Å². The number of aromatic nitrogens is 1. The Morgan fingerprint density at radius 3 is 2.50 bits per heavy atom. The minimum Gasteiger partial charge on any atom is -0.254 e. The summed E-state index contributed by atoms with van der Waals surface area (Å²) in [7, 11) is 0. The summed E-state index contributed by atoms with van der Waals surface area (Å²) < 4.78 is 0. The standard InChI is InChI=1S/C11H9Cl2N/c1-6-3-4-8(12)11-9(6)10(13)7(2)5-14-11/h3-5H,1-2H3. The van der Waals surface area contributed by atoms with Crippen molar-refractivity contribution in [1.82, 2.24) is 4.98 Å². The number of nitrogens with zero attached hydrogens (tertiary/aromatic N) is 1. The molecule has 0 amide bonds. The van der Waals surface area contributed by atoms with Crippen LogP contribution in [0.1, 0.15) is 11.1 Å². The molecule has 2 aromatic rings. The lowest BCUT2D eigenvalue weighted by molar-refractivity contribution is 1.32. The van der Waals surface area contributed by atoms with Gasteiger partial charge in [-0.25, -0.2) is 0 Å². The Bertz CT molecular complexity index is 506. The third-order valence-electron chi connectivity index (χ3n) is 2.29. The molecule has 3 heteroatoms. The first kappa shape index (κ1) is 9.75. The van der Waals surface area contributed by atoms with E-state index in [-0.39, 0.29) is 0 Å². The Hall–Kier alpha value is -0.790. The summed E-state index contributed by atoms with van der Waals surface area (Å²) in [6.45, 7) is 3.95. The van der Waals surface area contributed by atoms with Crippen LogP contribution in [0, 0.1) is 13.8 Å². The van der Waals surface area contributed by atoms with Crippen LogP contribution in [0.3, 0.4) is 0 Å². The highest BCUT2D eigenvalue weighted by atomic mass is 35.5. The van der Waals surface area contributed by atoms with Gasteiger partial charge in [0.2, 0.25) is 0 Å². The number of aryl methyl sites for hydroxylation is 2. The summed E-state index contributed by atoms with van der Waals surface area (Å²) in [6, 6.07) is 3.80. The number of halogens is 2. The third-order valence-corrected chi connectivity index (χ3v) is 3.08. The average molecular weight is 226 g/mol. The molecule has 72 valence electrons. The zero-order chi connectivity index (χ0) is 10.3. The molecule has 2 rings (SSSR count). The molecular formula is C11H9Cl2N. The Balaban J connectivity index is 3.01. The highest BCUT2D eigenvalue weighted by molar-refractivity contribution is 6.39. The van der Waals surface area contributed by atoms with Crippen LogP contribution in [0.2, 0.25) is 10.0 Å². The predicted molar refractivity (Wildman–Crippen MR) is 61.2 cm³/mol. The highest BCUT2D eigenvalue weighted by Crippen LogP contribution is 2.31. The fourth-order valence-electron chi connectivity index (χ4n) is 1.49. The van der Waals surface area contributed by atoms with Gasteiger partial charge in [-0.05, 0) is 31.0 Å². The van der Waals surface area contributed by atoms with Gasteiger partial charge in [-0.3, -0.25) is 4.98 Å². The van der Waals surface area contributed by atoms with Gasteiger partial charge in [0, 0.05) is 11.6 Å². The SMILES string of the molecule is Cc1cnc2c(Cl)ccc(C)c2c1Cl. The van der Waals surface area contributed by atoms with Crippen LogP contribution in [0.15, 0.2) is 18.3 Å². The van der Waals surface area contributed by atoms with Crippen molar-refractivity contribution in [2.24, 2.45) is 0 Å². The number of pyridine rings is 1. The topological polar surface area (TPSA) is 12.9 Å². The Kier molecular flexibility index (Phi) is 2.38. The van der Waals surface area contributed by atoms with E-state index in [0.29, 0.717) is 5.02 Å². The lowest BCUT2D eigenvalue weighted by atomic mass is 10.1. The molecule has 0 aliphatic heterocycles. The molecule has 0 unspecified atom stereocenters. The summed E-state index contributed by atoms with van der Waals surface area (Å²) in [4.78, 5) is 4.29. The van der Waals surface area contributed by atoms with Gasteiger partial charge in [0.1, 0.15) is 0 Å². The van der Waals surface area contributed by atoms with Crippen LogP contribution in [-0.2, 0) is 0 Å². The number of hydrogen-bond acceptors (Lipinski definition) is 1. The molecule has 0 atom stereocenters. The zero-order valence-corrected chi connectivity index (χ0v) is 9.45. The molecule has 0 bridgehead atoms. The van der Waals surface area contributed by atoms with E-state index in [0.717, 1.165) is 27.1 Å². The molecule has 0 radical (unpaired) electrons. The average Bonchev–Trinajstić information content (AvgIpc) is 2.16. The quantitative estimate of drug-likeness (QED) is 0.657. The van der Waals surface area contributed by atoms with Crippen molar-refractivity contribution < 1.29 is 0 Å². The van der Waals surface area contributed by atoms with Crippen molar-refractivity contribution in [2.45, 2.75) is 13.8 Å². The number of fused-ring (bicyclic) bond motifs is 1. The molecule has 0 aliphatic rings. The van der Waals surface area contributed by atoms with Gasteiger partial charge in [-0.2, -0.15) is 0 Å². The largest absolute Gasteiger partial charge is 0.254 e. The van der Waals surface area contributed by atoms with Gasteiger partial charge in [0.15, 0.2) is 0 Å². The molecule has 1 aromatic carbocycles. The smallest absolute Gasteiger partial charge is 0.0905 e. The normalized spacial score (nSPS) is 10.9. The van der Waals surface area contributed by atoms with E-state index in [9.17, 15) is 0 Å². The van der Waals surface area contributed by atoms with E-state index in [4.69, 9.17) is 23.2 Å².